The highest BCUT2D eigenvalue weighted by molar-refractivity contribution is 6.31. The first-order valence-corrected chi connectivity index (χ1v) is 19.6. The molecule has 0 spiro atoms. The average molecular weight is 821 g/mol. The Morgan fingerprint density at radius 3 is 2.19 bits per heavy atom. The van der Waals surface area contributed by atoms with Crippen LogP contribution in [0.25, 0.3) is 21.7 Å². The topological polar surface area (TPSA) is 212 Å². The number of ketones is 1. The molecule has 1 aromatic heterocycles. The van der Waals surface area contributed by atoms with Gasteiger partial charge < -0.3 is 54.0 Å². The molecule has 3 aromatic rings. The number of methoxy groups -OCH3 is 2. The van der Waals surface area contributed by atoms with Gasteiger partial charge in [-0.3, -0.25) is 14.4 Å². The fourth-order valence-electron chi connectivity index (χ4n) is 8.47. The highest BCUT2D eigenvalue weighted by Crippen LogP contribution is 2.55. The van der Waals surface area contributed by atoms with Gasteiger partial charge in [0.25, 0.3) is 11.7 Å². The number of nitrogens with zero attached hydrogens (tertiary/aromatic N) is 1. The van der Waals surface area contributed by atoms with E-state index >= 15 is 0 Å². The summed E-state index contributed by atoms with van der Waals surface area (Å²) >= 11 is 0. The molecular formula is C44H56N2O13. The van der Waals surface area contributed by atoms with Crippen molar-refractivity contribution in [3.63, 3.8) is 0 Å². The second-order valence-corrected chi connectivity index (χ2v) is 15.8. The smallest absolute Gasteiger partial charge is 0.340 e. The van der Waals surface area contributed by atoms with E-state index in [4.69, 9.17) is 23.7 Å². The van der Waals surface area contributed by atoms with Crippen LogP contribution >= 0.6 is 0 Å². The number of hydrogen-bond acceptors (Lipinski definition) is 13. The summed E-state index contributed by atoms with van der Waals surface area (Å²) in [5, 5.41) is 49.5. The van der Waals surface area contributed by atoms with E-state index in [1.165, 1.54) is 60.3 Å². The van der Waals surface area contributed by atoms with Crippen molar-refractivity contribution in [2.75, 3.05) is 19.5 Å². The number of Topliss-reactive ketones (excluding diaryl/α,β-unsaturated/α-hetero) is 1. The number of phenols is 2. The molecule has 0 saturated carbocycles. The van der Waals surface area contributed by atoms with Crippen LogP contribution in [-0.4, -0.2) is 93.0 Å². The number of fused-ring (bicyclic) bond motifs is 1. The number of rotatable bonds is 4. The molecule has 320 valence electrons. The fraction of sp³-hybridized carbons (Fsp3) is 0.500. The van der Waals surface area contributed by atoms with Gasteiger partial charge in [0.2, 0.25) is 0 Å². The van der Waals surface area contributed by atoms with Gasteiger partial charge in [-0.05, 0) is 33.8 Å². The summed E-state index contributed by atoms with van der Waals surface area (Å²) in [4.78, 5) is 54.5. The number of ether oxygens (including phenoxy) is 5. The first-order chi connectivity index (χ1) is 27.7. The summed E-state index contributed by atoms with van der Waals surface area (Å²) in [6.45, 7) is 16.3. The lowest BCUT2D eigenvalue weighted by molar-refractivity contribution is -0.160. The lowest BCUT2D eigenvalue weighted by Gasteiger charge is -2.38. The number of allylic oxidation sites excluding steroid dienone is 2. The monoisotopic (exact) mass is 820 g/mol. The molecule has 0 aliphatic carbocycles. The Balaban J connectivity index is 1.82. The lowest BCUT2D eigenvalue weighted by Crippen LogP contribution is -2.46. The van der Waals surface area contributed by atoms with Crippen molar-refractivity contribution in [2.45, 2.75) is 106 Å². The number of aryl methyl sites for hydroxylation is 1. The van der Waals surface area contributed by atoms with Crippen molar-refractivity contribution < 1.29 is 63.3 Å². The van der Waals surface area contributed by atoms with E-state index in [-0.39, 0.29) is 61.9 Å². The summed E-state index contributed by atoms with van der Waals surface area (Å²) in [5.41, 5.74) is 0.689. The SMILES string of the molecule is CCn1c(C)c(C(=O)OC)c2c3c(O)c4c(O)c(C)c5c(c4c21)C(=O)C(C)(OC=CC(OC)C(C)C(OC(C)=O)C(C)C(O)C(C)C(O)C(C)C=CC=C(C)C(=O)N3)O5. The van der Waals surface area contributed by atoms with Gasteiger partial charge in [-0.1, -0.05) is 45.9 Å². The molecule has 2 aliphatic rings. The van der Waals surface area contributed by atoms with E-state index in [2.05, 4.69) is 5.32 Å². The van der Waals surface area contributed by atoms with Gasteiger partial charge in [-0.25, -0.2) is 4.79 Å². The highest BCUT2D eigenvalue weighted by Gasteiger charge is 2.50. The molecular weight excluding hydrogens is 764 g/mol. The number of anilines is 1. The van der Waals surface area contributed by atoms with Crippen LogP contribution in [0.5, 0.6) is 17.2 Å². The van der Waals surface area contributed by atoms with E-state index in [1.807, 2.05) is 6.92 Å². The molecule has 15 nitrogen and oxygen atoms in total. The Kier molecular flexibility index (Phi) is 12.9. The standard InChI is InChI=1S/C44H56N2O13/c1-13-46-25(8)28(43(54)56-12)30-33-38(51)31-29(34(30)46)32-40(24(7)37(31)50)59-44(10,41(32)52)57-18-17-27(55-11)21(4)39(58-26(9)47)23(6)36(49)22(5)35(48)19(2)15-14-16-20(3)42(53)45-33/h14-19,21-23,27,35-36,39,48-51H,13H2,1-12H3,(H,45,53). The Hall–Kier alpha value is -5.38. The van der Waals surface area contributed by atoms with Crippen LogP contribution in [-0.2, 0) is 35.1 Å². The maximum atomic E-state index is 14.7. The molecule has 3 heterocycles. The third kappa shape index (κ3) is 7.67. The predicted octanol–water partition coefficient (Wildman–Crippen LogP) is 6.12. The zero-order chi connectivity index (χ0) is 44.0. The van der Waals surface area contributed by atoms with Crippen LogP contribution in [0.4, 0.5) is 5.69 Å². The minimum Gasteiger partial charge on any atom is -0.507 e. The number of aliphatic hydroxyl groups is 2. The van der Waals surface area contributed by atoms with E-state index < -0.39 is 89.0 Å². The summed E-state index contributed by atoms with van der Waals surface area (Å²) in [6, 6.07) is 0. The van der Waals surface area contributed by atoms with Gasteiger partial charge in [0, 0.05) is 78.8 Å². The van der Waals surface area contributed by atoms with Gasteiger partial charge >= 0.3 is 17.7 Å². The van der Waals surface area contributed by atoms with Crippen molar-refractivity contribution in [2.24, 2.45) is 23.7 Å². The number of carbonyl (C=O) groups excluding carboxylic acids is 4. The normalized spacial score (nSPS) is 28.1. The Morgan fingerprint density at radius 2 is 1.59 bits per heavy atom. The molecule has 9 unspecified atom stereocenters. The number of nitrogens with one attached hydrogen (secondary N) is 1. The molecule has 4 bridgehead atoms. The second-order valence-electron chi connectivity index (χ2n) is 15.8. The van der Waals surface area contributed by atoms with Crippen molar-refractivity contribution in [3.05, 3.63) is 58.5 Å². The maximum absolute atomic E-state index is 14.7. The van der Waals surface area contributed by atoms with Gasteiger partial charge in [0.15, 0.2) is 5.75 Å². The highest BCUT2D eigenvalue weighted by atomic mass is 16.7. The molecule has 15 heteroatoms. The molecule has 5 rings (SSSR count). The van der Waals surface area contributed by atoms with Gasteiger partial charge in [-0.2, -0.15) is 0 Å². The van der Waals surface area contributed by atoms with E-state index in [0.29, 0.717) is 5.69 Å². The van der Waals surface area contributed by atoms with Crippen LogP contribution in [0.15, 0.2) is 36.1 Å². The quantitative estimate of drug-likeness (QED) is 0.149. The zero-order valence-corrected chi connectivity index (χ0v) is 35.6. The van der Waals surface area contributed by atoms with Crippen LogP contribution in [0.1, 0.15) is 87.4 Å². The summed E-state index contributed by atoms with van der Waals surface area (Å²) < 4.78 is 30.7. The van der Waals surface area contributed by atoms with Gasteiger partial charge in [0.1, 0.15) is 17.6 Å². The molecule has 2 aliphatic heterocycles. The second kappa shape index (κ2) is 17.1. The molecule has 2 aromatic carbocycles. The first-order valence-electron chi connectivity index (χ1n) is 19.6. The molecule has 0 radical (unpaired) electrons. The zero-order valence-electron chi connectivity index (χ0n) is 35.6. The molecule has 5 N–H and O–H groups in total. The third-order valence-corrected chi connectivity index (χ3v) is 12.0. The Morgan fingerprint density at radius 1 is 0.932 bits per heavy atom. The molecule has 59 heavy (non-hydrogen) atoms. The molecule has 9 atom stereocenters. The van der Waals surface area contributed by atoms with E-state index in [1.54, 1.807) is 51.3 Å². The van der Waals surface area contributed by atoms with Crippen molar-refractivity contribution in [1.29, 1.82) is 0 Å². The average Bonchev–Trinajstić information content (AvgIpc) is 3.64. The predicted molar refractivity (Wildman–Crippen MR) is 219 cm³/mol. The molecule has 0 saturated heterocycles. The van der Waals surface area contributed by atoms with E-state index in [0.717, 1.165) is 0 Å². The van der Waals surface area contributed by atoms with Crippen LogP contribution in [0.3, 0.4) is 0 Å². The lowest BCUT2D eigenvalue weighted by atomic mass is 9.78. The third-order valence-electron chi connectivity index (χ3n) is 12.0. The number of aromatic hydroxyl groups is 2. The molecule has 1 amide bonds. The van der Waals surface area contributed by atoms with Crippen LogP contribution in [0, 0.1) is 37.5 Å². The molecule has 0 fully saturated rings. The minimum absolute atomic E-state index is 0.0159. The summed E-state index contributed by atoms with van der Waals surface area (Å²) in [5.74, 6) is -8.30. The Labute approximate surface area is 343 Å². The van der Waals surface area contributed by atoms with Gasteiger partial charge in [-0.15, -0.1) is 0 Å². The summed E-state index contributed by atoms with van der Waals surface area (Å²) in [7, 11) is 2.64. The largest absolute Gasteiger partial charge is 0.507 e. The van der Waals surface area contributed by atoms with Crippen molar-refractivity contribution in [3.8, 4) is 17.2 Å². The number of amides is 1. The van der Waals surface area contributed by atoms with Crippen LogP contribution in [0.2, 0.25) is 0 Å². The number of hydrogen-bond donors (Lipinski definition) is 5. The van der Waals surface area contributed by atoms with Gasteiger partial charge in [0.05, 0.1) is 59.4 Å². The number of carbonyl (C=O) groups is 4. The number of benzene rings is 2. The minimum atomic E-state index is -2.02. The number of aliphatic hydroxyl groups excluding tert-OH is 2. The van der Waals surface area contributed by atoms with Crippen molar-refractivity contribution >= 4 is 51.0 Å². The Bertz CT molecular complexity index is 2290. The first kappa shape index (κ1) is 44.7. The van der Waals surface area contributed by atoms with Crippen molar-refractivity contribution in [1.82, 2.24) is 4.57 Å². The van der Waals surface area contributed by atoms with Crippen LogP contribution < -0.4 is 10.1 Å². The number of esters is 2. The summed E-state index contributed by atoms with van der Waals surface area (Å²) in [6.07, 6.45) is 3.60. The number of aromatic nitrogens is 1. The fourth-order valence-corrected chi connectivity index (χ4v) is 8.47. The number of phenolic OH excluding ortho intramolecular Hbond substituents is 2. The maximum Gasteiger partial charge on any atom is 0.340 e. The van der Waals surface area contributed by atoms with E-state index in [9.17, 15) is 39.6 Å².